The summed E-state index contributed by atoms with van der Waals surface area (Å²) in [7, 11) is 0. The van der Waals surface area contributed by atoms with Crippen LogP contribution in [0.25, 0.3) is 0 Å². The van der Waals surface area contributed by atoms with Crippen molar-refractivity contribution >= 4 is 6.29 Å². The largest absolute Gasteiger partial charge is 0.303 e. The predicted octanol–water partition coefficient (Wildman–Crippen LogP) is 2.77. The Hall–Kier alpha value is -1.11. The summed E-state index contributed by atoms with van der Waals surface area (Å²) in [5, 5.41) is 0. The van der Waals surface area contributed by atoms with E-state index in [1.807, 2.05) is 6.07 Å². The van der Waals surface area contributed by atoms with Crippen LogP contribution in [0.15, 0.2) is 30.3 Å². The molecule has 1 nitrogen and oxygen atoms in total. The fourth-order valence-electron chi connectivity index (χ4n) is 2.27. The minimum Gasteiger partial charge on any atom is -0.303 e. The highest BCUT2D eigenvalue weighted by Gasteiger charge is 2.27. The third-order valence-electron chi connectivity index (χ3n) is 2.97. The number of benzene rings is 1. The fraction of sp³-hybridized carbons (Fsp3) is 0.417. The van der Waals surface area contributed by atoms with Crippen LogP contribution in [0.2, 0.25) is 0 Å². The molecule has 2 atom stereocenters. The van der Waals surface area contributed by atoms with Crippen molar-refractivity contribution in [2.45, 2.75) is 25.2 Å². The van der Waals surface area contributed by atoms with E-state index in [0.717, 1.165) is 12.7 Å². The maximum atomic E-state index is 10.8. The summed E-state index contributed by atoms with van der Waals surface area (Å²) in [6.45, 7) is 0. The molecule has 1 aliphatic carbocycles. The monoisotopic (exact) mass is 174 g/mol. The molecular weight excluding hydrogens is 160 g/mol. The Balaban J connectivity index is 2.21. The van der Waals surface area contributed by atoms with Crippen molar-refractivity contribution in [3.63, 3.8) is 0 Å². The van der Waals surface area contributed by atoms with Crippen LogP contribution >= 0.6 is 0 Å². The Bertz CT molecular complexity index is 278. The van der Waals surface area contributed by atoms with Gasteiger partial charge in [0.25, 0.3) is 0 Å². The second kappa shape index (κ2) is 3.73. The van der Waals surface area contributed by atoms with E-state index in [1.165, 1.54) is 18.4 Å². The standard InChI is InChI=1S/C12H14O/c13-9-11-7-4-8-12(11)10-5-2-1-3-6-10/h1-3,5-6,9,11-12H,4,7-8H2/t11-,12?/m0/s1. The van der Waals surface area contributed by atoms with Gasteiger partial charge in [0, 0.05) is 5.92 Å². The minimum atomic E-state index is 0.266. The molecule has 1 aromatic rings. The lowest BCUT2D eigenvalue weighted by molar-refractivity contribution is -0.111. The van der Waals surface area contributed by atoms with Gasteiger partial charge in [-0.05, 0) is 24.3 Å². The van der Waals surface area contributed by atoms with E-state index in [0.29, 0.717) is 5.92 Å². The quantitative estimate of drug-likeness (QED) is 0.630. The van der Waals surface area contributed by atoms with Gasteiger partial charge in [0.2, 0.25) is 0 Å². The molecule has 0 amide bonds. The van der Waals surface area contributed by atoms with Crippen LogP contribution < -0.4 is 0 Å². The van der Waals surface area contributed by atoms with E-state index in [-0.39, 0.29) is 5.92 Å². The number of carbonyl (C=O) groups is 1. The number of rotatable bonds is 2. The third kappa shape index (κ3) is 1.64. The summed E-state index contributed by atoms with van der Waals surface area (Å²) in [4.78, 5) is 10.8. The molecule has 1 aromatic carbocycles. The van der Waals surface area contributed by atoms with Crippen molar-refractivity contribution in [1.29, 1.82) is 0 Å². The number of aldehydes is 1. The van der Waals surface area contributed by atoms with Gasteiger partial charge in [-0.25, -0.2) is 0 Å². The van der Waals surface area contributed by atoms with Crippen molar-refractivity contribution in [2.75, 3.05) is 0 Å². The summed E-state index contributed by atoms with van der Waals surface area (Å²) >= 11 is 0. The molecule has 1 aliphatic rings. The zero-order chi connectivity index (χ0) is 9.10. The molecule has 0 aliphatic heterocycles. The molecule has 1 unspecified atom stereocenters. The Kier molecular flexibility index (Phi) is 2.44. The molecule has 1 saturated carbocycles. The van der Waals surface area contributed by atoms with E-state index in [1.54, 1.807) is 0 Å². The maximum Gasteiger partial charge on any atom is 0.123 e. The van der Waals surface area contributed by atoms with Crippen LogP contribution in [-0.2, 0) is 4.79 Å². The highest BCUT2D eigenvalue weighted by molar-refractivity contribution is 5.56. The SMILES string of the molecule is O=C[C@@H]1CCCC1c1ccccc1. The second-order valence-corrected chi connectivity index (χ2v) is 3.75. The molecule has 0 bridgehead atoms. The fourth-order valence-corrected chi connectivity index (χ4v) is 2.27. The topological polar surface area (TPSA) is 17.1 Å². The molecule has 0 N–H and O–H groups in total. The van der Waals surface area contributed by atoms with E-state index >= 15 is 0 Å². The Morgan fingerprint density at radius 3 is 2.62 bits per heavy atom. The van der Waals surface area contributed by atoms with E-state index in [9.17, 15) is 4.79 Å². The van der Waals surface area contributed by atoms with Crippen LogP contribution in [0.1, 0.15) is 30.7 Å². The summed E-state index contributed by atoms with van der Waals surface area (Å²) in [5.41, 5.74) is 1.33. The van der Waals surface area contributed by atoms with Crippen LogP contribution in [0.4, 0.5) is 0 Å². The Morgan fingerprint density at radius 2 is 1.92 bits per heavy atom. The van der Waals surface area contributed by atoms with E-state index in [4.69, 9.17) is 0 Å². The van der Waals surface area contributed by atoms with Gasteiger partial charge in [-0.2, -0.15) is 0 Å². The molecule has 0 spiro atoms. The molecule has 1 fully saturated rings. The number of hydrogen-bond donors (Lipinski definition) is 0. The zero-order valence-corrected chi connectivity index (χ0v) is 7.65. The van der Waals surface area contributed by atoms with Gasteiger partial charge in [0.15, 0.2) is 0 Å². The first-order chi connectivity index (χ1) is 6.42. The maximum absolute atomic E-state index is 10.8. The lowest BCUT2D eigenvalue weighted by Crippen LogP contribution is -2.06. The summed E-state index contributed by atoms with van der Waals surface area (Å²) in [6.07, 6.45) is 4.57. The first-order valence-electron chi connectivity index (χ1n) is 4.92. The zero-order valence-electron chi connectivity index (χ0n) is 7.65. The van der Waals surface area contributed by atoms with Crippen LogP contribution in [0.5, 0.6) is 0 Å². The number of hydrogen-bond acceptors (Lipinski definition) is 1. The van der Waals surface area contributed by atoms with E-state index < -0.39 is 0 Å². The molecule has 13 heavy (non-hydrogen) atoms. The normalized spacial score (nSPS) is 27.4. The lowest BCUT2D eigenvalue weighted by Gasteiger charge is -2.13. The Morgan fingerprint density at radius 1 is 1.15 bits per heavy atom. The van der Waals surface area contributed by atoms with Gasteiger partial charge in [0.1, 0.15) is 6.29 Å². The molecule has 0 saturated heterocycles. The average Bonchev–Trinajstić information content (AvgIpc) is 2.67. The first-order valence-corrected chi connectivity index (χ1v) is 4.92. The molecule has 0 aromatic heterocycles. The smallest absolute Gasteiger partial charge is 0.123 e. The van der Waals surface area contributed by atoms with Gasteiger partial charge < -0.3 is 4.79 Å². The molecule has 0 heterocycles. The molecule has 1 heteroatoms. The summed E-state index contributed by atoms with van der Waals surface area (Å²) in [6, 6.07) is 10.4. The predicted molar refractivity (Wildman–Crippen MR) is 52.6 cm³/mol. The lowest BCUT2D eigenvalue weighted by atomic mass is 9.90. The van der Waals surface area contributed by atoms with Crippen LogP contribution in [0, 0.1) is 5.92 Å². The highest BCUT2D eigenvalue weighted by Crippen LogP contribution is 2.37. The molecule has 68 valence electrons. The van der Waals surface area contributed by atoms with Gasteiger partial charge in [0.05, 0.1) is 0 Å². The van der Waals surface area contributed by atoms with Crippen molar-refractivity contribution in [3.8, 4) is 0 Å². The van der Waals surface area contributed by atoms with Crippen molar-refractivity contribution in [2.24, 2.45) is 5.92 Å². The molecule has 0 radical (unpaired) electrons. The van der Waals surface area contributed by atoms with Crippen LogP contribution in [-0.4, -0.2) is 6.29 Å². The van der Waals surface area contributed by atoms with Gasteiger partial charge in [-0.3, -0.25) is 0 Å². The summed E-state index contributed by atoms with van der Waals surface area (Å²) in [5.74, 6) is 0.751. The van der Waals surface area contributed by atoms with Crippen LogP contribution in [0.3, 0.4) is 0 Å². The average molecular weight is 174 g/mol. The van der Waals surface area contributed by atoms with Gasteiger partial charge >= 0.3 is 0 Å². The minimum absolute atomic E-state index is 0.266. The second-order valence-electron chi connectivity index (χ2n) is 3.75. The van der Waals surface area contributed by atoms with Gasteiger partial charge in [-0.1, -0.05) is 36.8 Å². The highest BCUT2D eigenvalue weighted by atomic mass is 16.1. The molecular formula is C12H14O. The summed E-state index contributed by atoms with van der Waals surface area (Å²) < 4.78 is 0. The van der Waals surface area contributed by atoms with Gasteiger partial charge in [-0.15, -0.1) is 0 Å². The first kappa shape index (κ1) is 8.49. The van der Waals surface area contributed by atoms with Crippen molar-refractivity contribution < 1.29 is 4.79 Å². The van der Waals surface area contributed by atoms with Crippen molar-refractivity contribution in [1.82, 2.24) is 0 Å². The van der Waals surface area contributed by atoms with E-state index in [2.05, 4.69) is 24.3 Å². The molecule has 2 rings (SSSR count). The van der Waals surface area contributed by atoms with Crippen molar-refractivity contribution in [3.05, 3.63) is 35.9 Å². The number of carbonyl (C=O) groups excluding carboxylic acids is 1. The third-order valence-corrected chi connectivity index (χ3v) is 2.97. The Labute approximate surface area is 78.8 Å².